The van der Waals surface area contributed by atoms with Crippen LogP contribution in [0.2, 0.25) is 0 Å². The number of carbonyl (C=O) groups is 3. The minimum Gasteiger partial charge on any atom is -0.444 e. The topological polar surface area (TPSA) is 140 Å². The molecule has 0 saturated carbocycles. The summed E-state index contributed by atoms with van der Waals surface area (Å²) < 4.78 is 62.3. The zero-order valence-electron chi connectivity index (χ0n) is 37.2. The average molecular weight is 1030 g/mol. The number of hydrogen-bond donors (Lipinski definition) is 5. The fourth-order valence-electron chi connectivity index (χ4n) is 8.56. The van der Waals surface area contributed by atoms with Crippen LogP contribution in [-0.4, -0.2) is 76.0 Å². The van der Waals surface area contributed by atoms with E-state index in [1.807, 2.05) is 30.3 Å². The van der Waals surface area contributed by atoms with Gasteiger partial charge in [-0.15, -0.1) is 0 Å². The van der Waals surface area contributed by atoms with Gasteiger partial charge in [-0.3, -0.25) is 14.5 Å². The second kappa shape index (κ2) is 23.4. The largest absolute Gasteiger partial charge is 0.444 e. The lowest BCUT2D eigenvalue weighted by atomic mass is 9.86. The molecule has 6 rings (SSSR count). The standard InChI is InChI=1S/C27H33BrF2N2O4.C22H25BrF2N2O2/c1-16(33)31-23(13-17-11-18(29)14-19(30)12-17)25(34)15-32(26(35)36-27(2,3)4)24-10-6-7-20-21(24)8-5-9-22(20)28;1-13(28)27-21(10-14-8-15(24)11-16(25)9-14)22(29)12-26-20-7-3-4-17-18(20)5-2-6-19(17)23/h5,8-9,11-12,14,23-25,34H,6-7,10,13,15H2,1-4H3,(H,31,33);2,5-6,8-9,11,20-22,26,29H,3-4,7,10,12H2,1H3,(H,27,28)/t23-,24-,25+;20-,21-,22+/m00/s1. The molecular weight excluding hydrogens is 976 g/mol. The van der Waals surface area contributed by atoms with Crippen LogP contribution in [-0.2, 0) is 40.0 Å². The summed E-state index contributed by atoms with van der Waals surface area (Å²) in [4.78, 5) is 38.4. The quantitative estimate of drug-likeness (QED) is 0.0794. The number of rotatable bonds is 14. The van der Waals surface area contributed by atoms with E-state index in [4.69, 9.17) is 4.74 Å². The molecule has 16 heteroatoms. The second-order valence-corrected chi connectivity index (χ2v) is 19.4. The van der Waals surface area contributed by atoms with E-state index in [9.17, 15) is 42.2 Å². The molecule has 2 aliphatic carbocycles. The van der Waals surface area contributed by atoms with Gasteiger partial charge < -0.3 is 30.9 Å². The van der Waals surface area contributed by atoms with Gasteiger partial charge in [0.2, 0.25) is 11.8 Å². The van der Waals surface area contributed by atoms with Crippen LogP contribution in [0, 0.1) is 23.3 Å². The van der Waals surface area contributed by atoms with E-state index in [-0.39, 0.29) is 49.5 Å². The van der Waals surface area contributed by atoms with Crippen molar-refractivity contribution in [3.05, 3.63) is 138 Å². The van der Waals surface area contributed by atoms with E-state index in [0.717, 1.165) is 76.4 Å². The highest BCUT2D eigenvalue weighted by atomic mass is 79.9. The van der Waals surface area contributed by atoms with Gasteiger partial charge in [0.1, 0.15) is 28.9 Å². The van der Waals surface area contributed by atoms with Crippen LogP contribution in [0.15, 0.2) is 81.7 Å². The number of fused-ring (bicyclic) bond motifs is 2. The van der Waals surface area contributed by atoms with Crippen molar-refractivity contribution in [2.75, 3.05) is 13.1 Å². The number of aliphatic hydroxyl groups is 2. The third-order valence-corrected chi connectivity index (χ3v) is 12.8. The number of ether oxygens (including phenoxy) is 1. The molecule has 2 aliphatic rings. The first-order valence-electron chi connectivity index (χ1n) is 21.7. The summed E-state index contributed by atoms with van der Waals surface area (Å²) in [5.74, 6) is -3.58. The summed E-state index contributed by atoms with van der Waals surface area (Å²) in [6.45, 7) is 8.06. The molecule has 0 aliphatic heterocycles. The van der Waals surface area contributed by atoms with Crippen LogP contribution in [0.1, 0.15) is 106 Å². The molecule has 3 amide bonds. The molecule has 0 fully saturated rings. The lowest BCUT2D eigenvalue weighted by Crippen LogP contribution is -2.51. The van der Waals surface area contributed by atoms with E-state index in [1.165, 1.54) is 42.0 Å². The lowest BCUT2D eigenvalue weighted by Gasteiger charge is -2.39. The van der Waals surface area contributed by atoms with Crippen molar-refractivity contribution in [3.8, 4) is 0 Å². The first-order valence-corrected chi connectivity index (χ1v) is 23.3. The monoisotopic (exact) mass is 1030 g/mol. The zero-order valence-corrected chi connectivity index (χ0v) is 40.4. The Hall–Kier alpha value is -4.35. The van der Waals surface area contributed by atoms with Crippen LogP contribution in [0.3, 0.4) is 0 Å². The highest BCUT2D eigenvalue weighted by Gasteiger charge is 2.36. The molecule has 0 unspecified atom stereocenters. The number of carbonyl (C=O) groups excluding carboxylic acids is 3. The Morgan fingerprint density at radius 3 is 1.68 bits per heavy atom. The Bertz CT molecular complexity index is 2260. The second-order valence-electron chi connectivity index (χ2n) is 17.7. The van der Waals surface area contributed by atoms with Crippen LogP contribution in [0.4, 0.5) is 22.4 Å². The molecule has 352 valence electrons. The van der Waals surface area contributed by atoms with Crippen LogP contribution in [0.25, 0.3) is 0 Å². The number of nitrogens with zero attached hydrogens (tertiary/aromatic N) is 1. The summed E-state index contributed by atoms with van der Waals surface area (Å²) >= 11 is 7.20. The van der Waals surface area contributed by atoms with E-state index >= 15 is 0 Å². The van der Waals surface area contributed by atoms with Gasteiger partial charge in [0, 0.05) is 47.5 Å². The summed E-state index contributed by atoms with van der Waals surface area (Å²) in [5.41, 5.74) is 4.46. The number of hydrogen-bond acceptors (Lipinski definition) is 7. The average Bonchev–Trinajstić information content (AvgIpc) is 3.20. The normalized spacial score (nSPS) is 17.5. The van der Waals surface area contributed by atoms with Crippen molar-refractivity contribution in [1.82, 2.24) is 20.9 Å². The van der Waals surface area contributed by atoms with Crippen molar-refractivity contribution >= 4 is 49.8 Å². The maximum Gasteiger partial charge on any atom is 0.410 e. The van der Waals surface area contributed by atoms with E-state index < -0.39 is 65.2 Å². The van der Waals surface area contributed by atoms with Gasteiger partial charge in [-0.05, 0) is 142 Å². The first kappa shape index (κ1) is 51.6. The lowest BCUT2D eigenvalue weighted by molar-refractivity contribution is -0.121. The Morgan fingerprint density at radius 1 is 0.723 bits per heavy atom. The smallest absolute Gasteiger partial charge is 0.410 e. The Morgan fingerprint density at radius 2 is 1.18 bits per heavy atom. The van der Waals surface area contributed by atoms with Gasteiger partial charge in [0.25, 0.3) is 0 Å². The van der Waals surface area contributed by atoms with Crippen LogP contribution in [0.5, 0.6) is 0 Å². The summed E-state index contributed by atoms with van der Waals surface area (Å²) in [5, 5.41) is 30.7. The van der Waals surface area contributed by atoms with Crippen LogP contribution < -0.4 is 16.0 Å². The molecular formula is C49H58Br2F4N4O6. The third-order valence-electron chi connectivity index (χ3n) is 11.3. The highest BCUT2D eigenvalue weighted by Crippen LogP contribution is 2.39. The Kier molecular flexibility index (Phi) is 18.6. The van der Waals surface area contributed by atoms with E-state index in [2.05, 4.69) is 53.9 Å². The maximum absolute atomic E-state index is 13.8. The van der Waals surface area contributed by atoms with Crippen molar-refractivity contribution in [3.63, 3.8) is 0 Å². The molecule has 0 aromatic heterocycles. The van der Waals surface area contributed by atoms with Crippen molar-refractivity contribution in [1.29, 1.82) is 0 Å². The van der Waals surface area contributed by atoms with Gasteiger partial charge in [0.15, 0.2) is 0 Å². The molecule has 10 nitrogen and oxygen atoms in total. The van der Waals surface area contributed by atoms with Gasteiger partial charge in [-0.1, -0.05) is 56.1 Å². The highest BCUT2D eigenvalue weighted by molar-refractivity contribution is 9.10. The summed E-state index contributed by atoms with van der Waals surface area (Å²) in [6.07, 6.45) is 2.76. The molecule has 4 aromatic rings. The summed E-state index contributed by atoms with van der Waals surface area (Å²) in [7, 11) is 0. The molecule has 0 saturated heterocycles. The Labute approximate surface area is 395 Å². The number of aliphatic hydroxyl groups excluding tert-OH is 2. The van der Waals surface area contributed by atoms with Crippen LogP contribution >= 0.6 is 31.9 Å². The maximum atomic E-state index is 13.8. The molecule has 65 heavy (non-hydrogen) atoms. The fourth-order valence-corrected chi connectivity index (χ4v) is 9.72. The number of amides is 3. The summed E-state index contributed by atoms with van der Waals surface area (Å²) in [6, 6.07) is 16.5. The molecule has 0 radical (unpaired) electrons. The molecule has 0 heterocycles. The van der Waals surface area contributed by atoms with E-state index in [1.54, 1.807) is 20.8 Å². The zero-order chi connectivity index (χ0) is 47.6. The molecule has 6 atom stereocenters. The minimum atomic E-state index is -1.23. The van der Waals surface area contributed by atoms with Crippen molar-refractivity contribution < 1.29 is 46.9 Å². The fraction of sp³-hybridized carbons (Fsp3) is 0.449. The van der Waals surface area contributed by atoms with Gasteiger partial charge in [0.05, 0.1) is 36.9 Å². The molecule has 4 aromatic carbocycles. The van der Waals surface area contributed by atoms with E-state index in [0.29, 0.717) is 12.0 Å². The van der Waals surface area contributed by atoms with Gasteiger partial charge >= 0.3 is 6.09 Å². The van der Waals surface area contributed by atoms with Crippen molar-refractivity contribution in [2.24, 2.45) is 0 Å². The molecule has 0 spiro atoms. The Balaban J connectivity index is 0.000000250. The third kappa shape index (κ3) is 15.3. The number of benzene rings is 4. The minimum absolute atomic E-state index is 0.0234. The molecule has 0 bridgehead atoms. The number of nitrogens with one attached hydrogen (secondary N) is 3. The van der Waals surface area contributed by atoms with Gasteiger partial charge in [-0.25, -0.2) is 22.4 Å². The van der Waals surface area contributed by atoms with Gasteiger partial charge in [-0.2, -0.15) is 0 Å². The van der Waals surface area contributed by atoms with Crippen molar-refractivity contribution in [2.45, 2.75) is 128 Å². The first-order chi connectivity index (χ1) is 30.7. The predicted molar refractivity (Wildman–Crippen MR) is 248 cm³/mol. The number of halogens is 6. The molecule has 5 N–H and O–H groups in total. The predicted octanol–water partition coefficient (Wildman–Crippen LogP) is 9.25. The SMILES string of the molecule is CC(=O)N[C@@H](Cc1cc(F)cc(F)c1)[C@H](O)CN(C(=O)OC(C)(C)C)[C@H]1CCCc2c(Br)cccc21.CC(=O)N[C@@H](Cc1cc(F)cc(F)c1)[C@H](O)CN[C@H]1CCCc2c(Br)cccc21.